The Bertz CT molecular complexity index is 725. The van der Waals surface area contributed by atoms with Gasteiger partial charge in [-0.1, -0.05) is 0 Å². The molecule has 2 saturated heterocycles. The van der Waals surface area contributed by atoms with Crippen molar-refractivity contribution < 1.29 is 4.79 Å². The molecule has 0 bridgehead atoms. The molecule has 4 rings (SSSR count). The molecule has 2 aliphatic rings. The van der Waals surface area contributed by atoms with Gasteiger partial charge in [-0.15, -0.1) is 11.3 Å². The van der Waals surface area contributed by atoms with Crippen molar-refractivity contribution in [2.24, 2.45) is 18.9 Å². The van der Waals surface area contributed by atoms with Gasteiger partial charge < -0.3 is 4.90 Å². The van der Waals surface area contributed by atoms with Gasteiger partial charge in [-0.05, 0) is 24.8 Å². The average Bonchev–Trinajstić information content (AvgIpc) is 3.25. The fourth-order valence-electron chi connectivity index (χ4n) is 3.96. The molecule has 6 nitrogen and oxygen atoms in total. The quantitative estimate of drug-likeness (QED) is 0.839. The molecule has 0 radical (unpaired) electrons. The molecule has 2 aromatic rings. The van der Waals surface area contributed by atoms with Crippen LogP contribution < -0.4 is 0 Å². The largest absolute Gasteiger partial charge is 0.342 e. The highest BCUT2D eigenvalue weighted by Gasteiger charge is 2.41. The highest BCUT2D eigenvalue weighted by atomic mass is 32.1. The number of amides is 1. The van der Waals surface area contributed by atoms with Crippen molar-refractivity contribution >= 4 is 17.2 Å². The summed E-state index contributed by atoms with van der Waals surface area (Å²) >= 11 is 1.72. The van der Waals surface area contributed by atoms with Gasteiger partial charge in [-0.2, -0.15) is 5.10 Å². The van der Waals surface area contributed by atoms with Crippen molar-refractivity contribution in [1.82, 2.24) is 24.6 Å². The van der Waals surface area contributed by atoms with Gasteiger partial charge in [0.05, 0.1) is 22.8 Å². The number of thiazole rings is 1. The molecule has 0 aromatic carbocycles. The van der Waals surface area contributed by atoms with Crippen LogP contribution in [-0.4, -0.2) is 56.7 Å². The number of aryl methyl sites for hydroxylation is 2. The van der Waals surface area contributed by atoms with Crippen molar-refractivity contribution in [3.63, 3.8) is 0 Å². The fourth-order valence-corrected chi connectivity index (χ4v) is 4.56. The highest BCUT2D eigenvalue weighted by molar-refractivity contribution is 7.09. The van der Waals surface area contributed by atoms with Gasteiger partial charge in [0.1, 0.15) is 0 Å². The molecule has 128 valence electrons. The molecule has 0 unspecified atom stereocenters. The second kappa shape index (κ2) is 6.29. The third-order valence-corrected chi connectivity index (χ3v) is 5.89. The Kier molecular flexibility index (Phi) is 4.14. The lowest BCUT2D eigenvalue weighted by atomic mass is 10.0. The summed E-state index contributed by atoms with van der Waals surface area (Å²) in [5, 5.41) is 7.60. The molecular weight excluding hydrogens is 322 g/mol. The summed E-state index contributed by atoms with van der Waals surface area (Å²) < 4.78 is 1.75. The van der Waals surface area contributed by atoms with E-state index in [2.05, 4.69) is 27.3 Å². The molecule has 0 spiro atoms. The standard InChI is InChI=1S/C17H23N5OS/c1-12-18-16(11-24-12)10-21-6-13-8-22(9-14(13)7-21)17(23)5-15-3-4-20(2)19-15/h3-4,11,13-14H,5-10H2,1-2H3/t13-,14-/m0/s1. The molecule has 0 aliphatic carbocycles. The zero-order valence-electron chi connectivity index (χ0n) is 14.2. The average molecular weight is 345 g/mol. The van der Waals surface area contributed by atoms with Gasteiger partial charge in [0, 0.05) is 51.3 Å². The number of likely N-dealkylation sites (tertiary alicyclic amines) is 2. The highest BCUT2D eigenvalue weighted by Crippen LogP contribution is 2.32. The van der Waals surface area contributed by atoms with Crippen LogP contribution in [0, 0.1) is 18.8 Å². The maximum absolute atomic E-state index is 12.5. The first-order valence-electron chi connectivity index (χ1n) is 8.46. The minimum absolute atomic E-state index is 0.213. The Morgan fingerprint density at radius 3 is 2.58 bits per heavy atom. The van der Waals surface area contributed by atoms with Crippen LogP contribution in [0.1, 0.15) is 16.4 Å². The van der Waals surface area contributed by atoms with Gasteiger partial charge in [-0.25, -0.2) is 4.98 Å². The Balaban J connectivity index is 1.30. The minimum Gasteiger partial charge on any atom is -0.342 e. The molecule has 2 aliphatic heterocycles. The topological polar surface area (TPSA) is 54.3 Å². The number of carbonyl (C=O) groups excluding carboxylic acids is 1. The van der Waals surface area contributed by atoms with Crippen molar-refractivity contribution in [2.75, 3.05) is 26.2 Å². The summed E-state index contributed by atoms with van der Waals surface area (Å²) in [6.45, 7) is 6.94. The number of carbonyl (C=O) groups is 1. The lowest BCUT2D eigenvalue weighted by molar-refractivity contribution is -0.129. The van der Waals surface area contributed by atoms with E-state index in [0.29, 0.717) is 18.3 Å². The molecule has 2 atom stereocenters. The normalized spacial score (nSPS) is 23.8. The number of fused-ring (bicyclic) bond motifs is 1. The maximum Gasteiger partial charge on any atom is 0.228 e. The number of nitrogens with zero attached hydrogens (tertiary/aromatic N) is 5. The van der Waals surface area contributed by atoms with E-state index in [9.17, 15) is 4.79 Å². The van der Waals surface area contributed by atoms with Crippen LogP contribution in [0.4, 0.5) is 0 Å². The molecule has 7 heteroatoms. The van der Waals surface area contributed by atoms with E-state index in [0.717, 1.165) is 43.4 Å². The van der Waals surface area contributed by atoms with E-state index in [1.165, 1.54) is 5.69 Å². The first-order chi connectivity index (χ1) is 11.6. The molecule has 1 amide bonds. The molecular formula is C17H23N5OS. The van der Waals surface area contributed by atoms with E-state index in [1.54, 1.807) is 16.0 Å². The smallest absolute Gasteiger partial charge is 0.228 e. The lowest BCUT2D eigenvalue weighted by Crippen LogP contribution is -2.34. The molecule has 4 heterocycles. The molecule has 0 N–H and O–H groups in total. The van der Waals surface area contributed by atoms with Gasteiger partial charge in [0.2, 0.25) is 5.91 Å². The number of rotatable bonds is 4. The second-order valence-electron chi connectivity index (χ2n) is 7.03. The van der Waals surface area contributed by atoms with Crippen LogP contribution in [0.3, 0.4) is 0 Å². The Morgan fingerprint density at radius 1 is 1.25 bits per heavy atom. The van der Waals surface area contributed by atoms with Crippen molar-refractivity contribution in [1.29, 1.82) is 0 Å². The zero-order chi connectivity index (χ0) is 16.7. The van der Waals surface area contributed by atoms with Gasteiger partial charge in [0.15, 0.2) is 0 Å². The van der Waals surface area contributed by atoms with Crippen LogP contribution in [-0.2, 0) is 24.8 Å². The van der Waals surface area contributed by atoms with Crippen LogP contribution in [0.25, 0.3) is 0 Å². The summed E-state index contributed by atoms with van der Waals surface area (Å²) in [5.41, 5.74) is 2.04. The van der Waals surface area contributed by atoms with Gasteiger partial charge in [0.25, 0.3) is 0 Å². The van der Waals surface area contributed by atoms with E-state index in [-0.39, 0.29) is 5.91 Å². The summed E-state index contributed by atoms with van der Waals surface area (Å²) in [7, 11) is 1.88. The number of hydrogen-bond donors (Lipinski definition) is 0. The number of aromatic nitrogens is 3. The first-order valence-corrected chi connectivity index (χ1v) is 9.34. The predicted octanol–water partition coefficient (Wildman–Crippen LogP) is 1.32. The van der Waals surface area contributed by atoms with Crippen LogP contribution in [0.5, 0.6) is 0 Å². The van der Waals surface area contributed by atoms with E-state index < -0.39 is 0 Å². The van der Waals surface area contributed by atoms with E-state index in [1.807, 2.05) is 24.2 Å². The third kappa shape index (κ3) is 3.23. The first kappa shape index (κ1) is 15.8. The summed E-state index contributed by atoms with van der Waals surface area (Å²) in [6.07, 6.45) is 2.31. The van der Waals surface area contributed by atoms with Crippen molar-refractivity contribution in [3.8, 4) is 0 Å². The van der Waals surface area contributed by atoms with E-state index >= 15 is 0 Å². The van der Waals surface area contributed by atoms with Gasteiger partial charge in [-0.3, -0.25) is 14.4 Å². The maximum atomic E-state index is 12.5. The Hall–Kier alpha value is -1.73. The summed E-state index contributed by atoms with van der Waals surface area (Å²) in [4.78, 5) is 21.6. The summed E-state index contributed by atoms with van der Waals surface area (Å²) in [6, 6.07) is 1.92. The van der Waals surface area contributed by atoms with E-state index in [4.69, 9.17) is 0 Å². The van der Waals surface area contributed by atoms with Crippen molar-refractivity contribution in [3.05, 3.63) is 34.0 Å². The number of hydrogen-bond acceptors (Lipinski definition) is 5. The van der Waals surface area contributed by atoms with Crippen LogP contribution in [0.2, 0.25) is 0 Å². The lowest BCUT2D eigenvalue weighted by Gasteiger charge is -2.21. The Morgan fingerprint density at radius 2 is 2.00 bits per heavy atom. The van der Waals surface area contributed by atoms with Crippen LogP contribution in [0.15, 0.2) is 17.6 Å². The molecule has 24 heavy (non-hydrogen) atoms. The molecule has 2 fully saturated rings. The SMILES string of the molecule is Cc1nc(CN2C[C@H]3CN(C(=O)Cc4ccn(C)n4)C[C@@H]3C2)cs1. The van der Waals surface area contributed by atoms with Gasteiger partial charge >= 0.3 is 0 Å². The Labute approximate surface area is 146 Å². The molecule has 2 aromatic heterocycles. The van der Waals surface area contributed by atoms with Crippen molar-refractivity contribution in [2.45, 2.75) is 19.9 Å². The fraction of sp³-hybridized carbons (Fsp3) is 0.588. The second-order valence-corrected chi connectivity index (χ2v) is 8.09. The monoisotopic (exact) mass is 345 g/mol. The molecule has 0 saturated carbocycles. The summed E-state index contributed by atoms with van der Waals surface area (Å²) in [5.74, 6) is 1.43. The minimum atomic E-state index is 0.213. The van der Waals surface area contributed by atoms with Crippen LogP contribution >= 0.6 is 11.3 Å². The predicted molar refractivity (Wildman–Crippen MR) is 92.6 cm³/mol. The third-order valence-electron chi connectivity index (χ3n) is 5.07. The zero-order valence-corrected chi connectivity index (χ0v) is 15.0.